The number of nitrogens with one attached hydrogen (secondary N) is 2. The van der Waals surface area contributed by atoms with Gasteiger partial charge in [0.25, 0.3) is 0 Å². The summed E-state index contributed by atoms with van der Waals surface area (Å²) in [6, 6.07) is 2.74. The minimum absolute atomic E-state index is 0.0561. The predicted octanol–water partition coefficient (Wildman–Crippen LogP) is 1.58. The van der Waals surface area contributed by atoms with E-state index in [1.165, 1.54) is 12.3 Å². The predicted molar refractivity (Wildman–Crippen MR) is 95.1 cm³/mol. The number of anilines is 1. The van der Waals surface area contributed by atoms with Gasteiger partial charge in [0.15, 0.2) is 0 Å². The molecule has 0 amide bonds. The molecule has 0 aliphatic heterocycles. The van der Waals surface area contributed by atoms with Gasteiger partial charge in [-0.2, -0.15) is 0 Å². The van der Waals surface area contributed by atoms with Crippen LogP contribution in [0.1, 0.15) is 29.2 Å². The van der Waals surface area contributed by atoms with E-state index in [2.05, 4.69) is 17.6 Å². The average molecular weight is 360 g/mol. The molecule has 1 saturated carbocycles. The number of carbonyl (C=O) groups excluding carboxylic acids is 1. The van der Waals surface area contributed by atoms with Crippen LogP contribution in [0.25, 0.3) is 10.9 Å². The molecule has 1 radical (unpaired) electrons. The highest BCUT2D eigenvalue weighted by Gasteiger charge is 2.27. The Bertz CT molecular complexity index is 934. The van der Waals surface area contributed by atoms with Crippen LogP contribution < -0.4 is 16.1 Å². The molecule has 26 heavy (non-hydrogen) atoms. The molecule has 0 bridgehead atoms. The number of rotatable bonds is 8. The summed E-state index contributed by atoms with van der Waals surface area (Å²) in [5, 5.41) is 15.1. The monoisotopic (exact) mass is 360 g/mol. The number of ketones is 1. The number of aromatic nitrogens is 1. The van der Waals surface area contributed by atoms with Gasteiger partial charge in [-0.05, 0) is 25.0 Å². The lowest BCUT2D eigenvalue weighted by atomic mass is 10.1. The first-order valence-corrected chi connectivity index (χ1v) is 8.29. The van der Waals surface area contributed by atoms with E-state index in [0.29, 0.717) is 18.6 Å². The zero-order valence-corrected chi connectivity index (χ0v) is 14.0. The van der Waals surface area contributed by atoms with Crippen LogP contribution in [0.15, 0.2) is 23.1 Å². The number of fused-ring (bicyclic) bond motifs is 1. The zero-order valence-electron chi connectivity index (χ0n) is 14.0. The molecule has 2 aromatic rings. The minimum atomic E-state index is -1.32. The maximum Gasteiger partial charge on any atom is 0.341 e. The molecule has 8 heteroatoms. The highest BCUT2D eigenvalue weighted by atomic mass is 19.1. The van der Waals surface area contributed by atoms with E-state index in [1.54, 1.807) is 4.57 Å². The van der Waals surface area contributed by atoms with Gasteiger partial charge in [0.2, 0.25) is 5.43 Å². The van der Waals surface area contributed by atoms with Crippen LogP contribution in [-0.2, 0) is 4.79 Å². The van der Waals surface area contributed by atoms with Crippen LogP contribution in [0.5, 0.6) is 0 Å². The largest absolute Gasteiger partial charge is 0.477 e. The standard InChI is InChI=1S/C18H19FN3O4/c1-10(23)8-20-4-5-21-15-7-16-12(6-14(15)19)17(24)13(18(25)26)9-22(16)11-2-3-11/h6-7,9,11,20-21H,1-5,8H2,(H,25,26). The molecule has 3 N–H and O–H groups in total. The quantitative estimate of drug-likeness (QED) is 0.618. The average Bonchev–Trinajstić information content (AvgIpc) is 3.40. The van der Waals surface area contributed by atoms with E-state index in [4.69, 9.17) is 0 Å². The van der Waals surface area contributed by atoms with Gasteiger partial charge >= 0.3 is 5.97 Å². The molecule has 0 atom stereocenters. The van der Waals surface area contributed by atoms with Crippen molar-refractivity contribution in [1.82, 2.24) is 9.88 Å². The number of pyridine rings is 1. The number of benzene rings is 1. The second-order valence-corrected chi connectivity index (χ2v) is 6.31. The van der Waals surface area contributed by atoms with Gasteiger partial charge in [-0.25, -0.2) is 9.18 Å². The molecule has 0 unspecified atom stereocenters. The van der Waals surface area contributed by atoms with E-state index in [0.717, 1.165) is 18.9 Å². The Morgan fingerprint density at radius 3 is 2.65 bits per heavy atom. The van der Waals surface area contributed by atoms with E-state index in [1.807, 2.05) is 0 Å². The molecular weight excluding hydrogens is 341 g/mol. The van der Waals surface area contributed by atoms with E-state index < -0.39 is 17.2 Å². The summed E-state index contributed by atoms with van der Waals surface area (Å²) in [4.78, 5) is 34.4. The van der Waals surface area contributed by atoms with Crippen molar-refractivity contribution in [1.29, 1.82) is 0 Å². The summed E-state index contributed by atoms with van der Waals surface area (Å²) in [5.41, 5.74) is -0.318. The van der Waals surface area contributed by atoms with Gasteiger partial charge in [-0.1, -0.05) is 0 Å². The summed E-state index contributed by atoms with van der Waals surface area (Å²) < 4.78 is 16.1. The van der Waals surface area contributed by atoms with Crippen LogP contribution >= 0.6 is 0 Å². The lowest BCUT2D eigenvalue weighted by molar-refractivity contribution is -0.114. The van der Waals surface area contributed by atoms with Crippen molar-refractivity contribution in [2.24, 2.45) is 0 Å². The third-order valence-corrected chi connectivity index (χ3v) is 4.23. The summed E-state index contributed by atoms with van der Waals surface area (Å²) in [6.45, 7) is 4.19. The molecule has 1 aliphatic rings. The Labute approximate surface area is 148 Å². The topological polar surface area (TPSA) is 100 Å². The van der Waals surface area contributed by atoms with Crippen LogP contribution in [0.4, 0.5) is 10.1 Å². The molecule has 1 heterocycles. The number of hydrogen-bond acceptors (Lipinski definition) is 5. The number of carboxylic acids is 1. The lowest BCUT2D eigenvalue weighted by Crippen LogP contribution is -2.27. The van der Waals surface area contributed by atoms with Crippen molar-refractivity contribution in [3.63, 3.8) is 0 Å². The number of aromatic carboxylic acids is 1. The fraction of sp³-hybridized carbons (Fsp3) is 0.333. The summed E-state index contributed by atoms with van der Waals surface area (Å²) in [5.74, 6) is -2.18. The third kappa shape index (κ3) is 3.75. The first kappa shape index (κ1) is 18.1. The van der Waals surface area contributed by atoms with Gasteiger partial charge in [0.1, 0.15) is 17.2 Å². The normalized spacial score (nSPS) is 13.8. The van der Waals surface area contributed by atoms with Crippen molar-refractivity contribution in [2.75, 3.05) is 25.0 Å². The Balaban J connectivity index is 1.92. The maximum absolute atomic E-state index is 14.4. The number of carboxylic acid groups (broad SMARTS) is 1. The lowest BCUT2D eigenvalue weighted by Gasteiger charge is -2.14. The molecule has 7 nitrogen and oxygen atoms in total. The third-order valence-electron chi connectivity index (χ3n) is 4.23. The molecule has 1 aromatic heterocycles. The van der Waals surface area contributed by atoms with Crippen molar-refractivity contribution >= 4 is 28.3 Å². The molecule has 137 valence electrons. The Hall–Kier alpha value is -2.74. The molecule has 1 fully saturated rings. The first-order valence-electron chi connectivity index (χ1n) is 8.29. The molecule has 1 aliphatic carbocycles. The van der Waals surface area contributed by atoms with E-state index >= 15 is 0 Å². The van der Waals surface area contributed by atoms with Crippen LogP contribution in [0.3, 0.4) is 0 Å². The summed E-state index contributed by atoms with van der Waals surface area (Å²) in [6.07, 6.45) is 3.12. The Kier molecular flexibility index (Phi) is 5.03. The SMILES string of the molecule is [CH2]C(=O)CNCCNc1cc2c(cc1F)c(=O)c(C(=O)O)cn2C1CC1. The number of hydrogen-bond donors (Lipinski definition) is 3. The van der Waals surface area contributed by atoms with Crippen molar-refractivity contribution in [2.45, 2.75) is 18.9 Å². The number of Topliss-reactive ketones (excluding diaryl/α,β-unsaturated/α-hetero) is 1. The second-order valence-electron chi connectivity index (χ2n) is 6.31. The maximum atomic E-state index is 14.4. The minimum Gasteiger partial charge on any atom is -0.477 e. The van der Waals surface area contributed by atoms with Gasteiger partial charge in [0, 0.05) is 37.6 Å². The smallest absolute Gasteiger partial charge is 0.341 e. The number of carbonyl (C=O) groups is 2. The van der Waals surface area contributed by atoms with Crippen LogP contribution in [-0.4, -0.2) is 41.1 Å². The van der Waals surface area contributed by atoms with E-state index in [-0.39, 0.29) is 35.0 Å². The fourth-order valence-electron chi connectivity index (χ4n) is 2.83. The summed E-state index contributed by atoms with van der Waals surface area (Å²) in [7, 11) is 0. The highest BCUT2D eigenvalue weighted by molar-refractivity contribution is 5.93. The molecule has 0 saturated heterocycles. The fourth-order valence-corrected chi connectivity index (χ4v) is 2.83. The van der Waals surface area contributed by atoms with Crippen molar-refractivity contribution in [3.05, 3.63) is 46.9 Å². The van der Waals surface area contributed by atoms with Gasteiger partial charge in [-0.3, -0.25) is 9.59 Å². The molecule has 3 rings (SSSR count). The van der Waals surface area contributed by atoms with E-state index in [9.17, 15) is 23.9 Å². The zero-order chi connectivity index (χ0) is 18.8. The Morgan fingerprint density at radius 1 is 1.31 bits per heavy atom. The molecule has 1 aromatic carbocycles. The van der Waals surface area contributed by atoms with Gasteiger partial charge < -0.3 is 20.3 Å². The highest BCUT2D eigenvalue weighted by Crippen LogP contribution is 2.37. The van der Waals surface area contributed by atoms with Crippen LogP contribution in [0, 0.1) is 12.7 Å². The van der Waals surface area contributed by atoms with Crippen LogP contribution in [0.2, 0.25) is 0 Å². The molecular formula is C18H19FN3O4. The van der Waals surface area contributed by atoms with Gasteiger partial charge in [-0.15, -0.1) is 0 Å². The number of nitrogens with zero attached hydrogens (tertiary/aromatic N) is 1. The first-order chi connectivity index (χ1) is 12.4. The van der Waals surface area contributed by atoms with Gasteiger partial charge in [0.05, 0.1) is 17.7 Å². The van der Waals surface area contributed by atoms with Crippen molar-refractivity contribution < 1.29 is 19.1 Å². The Morgan fingerprint density at radius 2 is 2.04 bits per heavy atom. The molecule has 0 spiro atoms. The number of halogens is 1. The second kappa shape index (κ2) is 7.25. The van der Waals surface area contributed by atoms with Crippen molar-refractivity contribution in [3.8, 4) is 0 Å². The summed E-state index contributed by atoms with van der Waals surface area (Å²) >= 11 is 0.